The second-order valence-corrected chi connectivity index (χ2v) is 9.72. The summed E-state index contributed by atoms with van der Waals surface area (Å²) in [7, 11) is -2.62. The predicted octanol–water partition coefficient (Wildman–Crippen LogP) is 3.91. The van der Waals surface area contributed by atoms with Gasteiger partial charge in [0.05, 0.1) is 17.7 Å². The van der Waals surface area contributed by atoms with Gasteiger partial charge in [0.15, 0.2) is 0 Å². The number of ether oxygens (including phenoxy) is 1. The maximum atomic E-state index is 13.2. The number of aryl methyl sites for hydroxylation is 3. The molecule has 0 aliphatic rings. The van der Waals surface area contributed by atoms with Crippen molar-refractivity contribution in [1.82, 2.24) is 4.57 Å². The lowest BCUT2D eigenvalue weighted by Gasteiger charge is -2.16. The van der Waals surface area contributed by atoms with E-state index in [2.05, 4.69) is 5.32 Å². The first kappa shape index (κ1) is 23.6. The minimum atomic E-state index is -4.11. The Morgan fingerprint density at radius 1 is 1.06 bits per heavy atom. The summed E-state index contributed by atoms with van der Waals surface area (Å²) in [6.07, 6.45) is 0. The summed E-state index contributed by atoms with van der Waals surface area (Å²) < 4.78 is 32.8. The monoisotopic (exact) mass is 474 g/mol. The second kappa shape index (κ2) is 9.18. The van der Waals surface area contributed by atoms with E-state index >= 15 is 0 Å². The van der Waals surface area contributed by atoms with E-state index in [1.807, 2.05) is 13.0 Å². The molecule has 7 nitrogen and oxygen atoms in total. The van der Waals surface area contributed by atoms with Crippen LogP contribution in [-0.2, 0) is 21.2 Å². The number of halogens is 1. The van der Waals surface area contributed by atoms with Crippen molar-refractivity contribution in [2.24, 2.45) is 0 Å². The summed E-state index contributed by atoms with van der Waals surface area (Å²) >= 11 is 5.86. The number of carbonyl (C=O) groups is 1. The Morgan fingerprint density at radius 3 is 2.34 bits per heavy atom. The Labute approximate surface area is 191 Å². The van der Waals surface area contributed by atoms with Gasteiger partial charge in [0, 0.05) is 10.7 Å². The molecule has 1 N–H and O–H groups in total. The Kier molecular flexibility index (Phi) is 6.76. The number of nitrogens with one attached hydrogen (secondary N) is 1. The highest BCUT2D eigenvalue weighted by Crippen LogP contribution is 2.26. The minimum Gasteiger partial charge on any atom is -0.495 e. The number of aromatic nitrogens is 1. The summed E-state index contributed by atoms with van der Waals surface area (Å²) in [5.74, 6) is -0.0132. The average Bonchev–Trinajstić information content (AvgIpc) is 2.71. The molecule has 2 aromatic carbocycles. The van der Waals surface area contributed by atoms with Gasteiger partial charge in [-0.3, -0.25) is 9.59 Å². The van der Waals surface area contributed by atoms with Crippen LogP contribution in [0.5, 0.6) is 5.75 Å². The molecule has 1 amide bonds. The van der Waals surface area contributed by atoms with Crippen LogP contribution < -0.4 is 15.6 Å². The van der Waals surface area contributed by atoms with Crippen molar-refractivity contribution in [2.45, 2.75) is 37.1 Å². The fourth-order valence-electron chi connectivity index (χ4n) is 3.42. The minimum absolute atomic E-state index is 0.0496. The first-order valence-electron chi connectivity index (χ1n) is 9.70. The number of pyridine rings is 1. The molecule has 0 fully saturated rings. The van der Waals surface area contributed by atoms with Crippen LogP contribution in [0.2, 0.25) is 5.02 Å². The smallest absolute Gasteiger partial charge is 0.270 e. The number of carbonyl (C=O) groups excluding carboxylic acids is 1. The molecule has 0 bridgehead atoms. The molecule has 168 valence electrons. The molecule has 0 unspecified atom stereocenters. The van der Waals surface area contributed by atoms with Crippen LogP contribution in [-0.4, -0.2) is 26.0 Å². The van der Waals surface area contributed by atoms with E-state index in [1.54, 1.807) is 32.0 Å². The zero-order valence-electron chi connectivity index (χ0n) is 18.1. The van der Waals surface area contributed by atoms with E-state index in [9.17, 15) is 18.0 Å². The van der Waals surface area contributed by atoms with Crippen LogP contribution in [0.25, 0.3) is 0 Å². The number of nitrogens with zero attached hydrogens (tertiary/aromatic N) is 1. The lowest BCUT2D eigenvalue weighted by molar-refractivity contribution is -0.116. The van der Waals surface area contributed by atoms with E-state index < -0.39 is 21.3 Å². The number of amides is 1. The van der Waals surface area contributed by atoms with Crippen molar-refractivity contribution in [2.75, 3.05) is 12.4 Å². The molecule has 0 atom stereocenters. The molecule has 0 spiro atoms. The van der Waals surface area contributed by atoms with Gasteiger partial charge in [0.1, 0.15) is 17.2 Å². The zero-order valence-corrected chi connectivity index (χ0v) is 19.7. The van der Waals surface area contributed by atoms with Crippen molar-refractivity contribution in [1.29, 1.82) is 0 Å². The van der Waals surface area contributed by atoms with Crippen LogP contribution in [0.3, 0.4) is 0 Å². The highest BCUT2D eigenvalue weighted by Gasteiger charge is 2.26. The van der Waals surface area contributed by atoms with Crippen LogP contribution in [0.15, 0.2) is 63.1 Å². The molecule has 0 aliphatic carbocycles. The predicted molar refractivity (Wildman–Crippen MR) is 123 cm³/mol. The van der Waals surface area contributed by atoms with Gasteiger partial charge in [-0.15, -0.1) is 0 Å². The number of sulfone groups is 1. The standard InChI is InChI=1S/C23H23ClN2O5S/c1-14-5-10-20(31-4)19(11-14)25-21(27)13-26-16(3)12-15(2)22(23(26)28)32(29,30)18-8-6-17(24)7-9-18/h5-12H,13H2,1-4H3,(H,25,27). The Bertz CT molecular complexity index is 1350. The first-order chi connectivity index (χ1) is 15.0. The third-order valence-electron chi connectivity index (χ3n) is 4.97. The molecule has 1 aromatic heterocycles. The maximum absolute atomic E-state index is 13.2. The molecule has 0 saturated heterocycles. The van der Waals surface area contributed by atoms with Crippen molar-refractivity contribution >= 4 is 33.0 Å². The summed E-state index contributed by atoms with van der Waals surface area (Å²) in [6, 6.07) is 12.5. The molecule has 32 heavy (non-hydrogen) atoms. The van der Waals surface area contributed by atoms with Crippen LogP contribution in [0, 0.1) is 20.8 Å². The Hall–Kier alpha value is -3.10. The van der Waals surface area contributed by atoms with Gasteiger partial charge in [-0.25, -0.2) is 8.42 Å². The van der Waals surface area contributed by atoms with Gasteiger partial charge in [-0.2, -0.15) is 0 Å². The lowest BCUT2D eigenvalue weighted by Crippen LogP contribution is -2.33. The summed E-state index contributed by atoms with van der Waals surface area (Å²) in [4.78, 5) is 25.5. The molecule has 0 aliphatic heterocycles. The van der Waals surface area contributed by atoms with Crippen molar-refractivity contribution in [3.05, 3.63) is 80.7 Å². The highest BCUT2D eigenvalue weighted by atomic mass is 35.5. The van der Waals surface area contributed by atoms with Gasteiger partial charge >= 0.3 is 0 Å². The molecule has 0 radical (unpaired) electrons. The third-order valence-corrected chi connectivity index (χ3v) is 7.15. The molecule has 9 heteroatoms. The number of hydrogen-bond acceptors (Lipinski definition) is 5. The quantitative estimate of drug-likeness (QED) is 0.584. The van der Waals surface area contributed by atoms with Crippen molar-refractivity contribution in [3.63, 3.8) is 0 Å². The maximum Gasteiger partial charge on any atom is 0.270 e. The number of rotatable bonds is 6. The van der Waals surface area contributed by atoms with Gasteiger partial charge in [-0.1, -0.05) is 17.7 Å². The third kappa shape index (κ3) is 4.71. The highest BCUT2D eigenvalue weighted by molar-refractivity contribution is 7.91. The second-order valence-electron chi connectivity index (χ2n) is 7.40. The number of methoxy groups -OCH3 is 1. The summed E-state index contributed by atoms with van der Waals surface area (Å²) in [6.45, 7) is 4.72. The summed E-state index contributed by atoms with van der Waals surface area (Å²) in [5.41, 5.74) is 1.39. The van der Waals surface area contributed by atoms with E-state index in [4.69, 9.17) is 16.3 Å². The van der Waals surface area contributed by atoms with E-state index in [0.717, 1.165) is 10.1 Å². The van der Waals surface area contributed by atoms with Gasteiger partial charge < -0.3 is 14.6 Å². The van der Waals surface area contributed by atoms with Gasteiger partial charge in [0.25, 0.3) is 5.56 Å². The molecule has 3 aromatic rings. The average molecular weight is 475 g/mol. The topological polar surface area (TPSA) is 94.5 Å². The largest absolute Gasteiger partial charge is 0.495 e. The van der Waals surface area contributed by atoms with Crippen LogP contribution in [0.4, 0.5) is 5.69 Å². The van der Waals surface area contributed by atoms with Gasteiger partial charge in [-0.05, 0) is 74.4 Å². The van der Waals surface area contributed by atoms with Crippen LogP contribution in [0.1, 0.15) is 16.8 Å². The Balaban J connectivity index is 2.00. The first-order valence-corrected chi connectivity index (χ1v) is 11.6. The number of anilines is 1. The fraction of sp³-hybridized carbons (Fsp3) is 0.217. The molecule has 3 rings (SSSR count). The Morgan fingerprint density at radius 2 is 1.72 bits per heavy atom. The molecular formula is C23H23ClN2O5S. The van der Waals surface area contributed by atoms with E-state index in [0.29, 0.717) is 27.7 Å². The van der Waals surface area contributed by atoms with Gasteiger partial charge in [0.2, 0.25) is 15.7 Å². The SMILES string of the molecule is COc1ccc(C)cc1NC(=O)Cn1c(C)cc(C)c(S(=O)(=O)c2ccc(Cl)cc2)c1=O. The number of hydrogen-bond donors (Lipinski definition) is 1. The molecule has 1 heterocycles. The van der Waals surface area contributed by atoms with E-state index in [1.165, 1.54) is 31.4 Å². The normalized spacial score (nSPS) is 11.3. The molecule has 0 saturated carbocycles. The zero-order chi connectivity index (χ0) is 23.6. The lowest BCUT2D eigenvalue weighted by atomic mass is 10.2. The van der Waals surface area contributed by atoms with E-state index in [-0.39, 0.29) is 16.3 Å². The summed E-state index contributed by atoms with van der Waals surface area (Å²) in [5, 5.41) is 3.11. The van der Waals surface area contributed by atoms with Crippen molar-refractivity contribution in [3.8, 4) is 5.75 Å². The fourth-order valence-corrected chi connectivity index (χ4v) is 5.10. The van der Waals surface area contributed by atoms with Crippen molar-refractivity contribution < 1.29 is 17.9 Å². The number of benzene rings is 2. The van der Waals surface area contributed by atoms with Crippen LogP contribution >= 0.6 is 11.6 Å². The molecular weight excluding hydrogens is 452 g/mol.